The van der Waals surface area contributed by atoms with Gasteiger partial charge in [0.1, 0.15) is 0 Å². The van der Waals surface area contributed by atoms with Crippen LogP contribution in [0.4, 0.5) is 0 Å². The molecule has 3 nitrogen and oxygen atoms in total. The zero-order valence-electron chi connectivity index (χ0n) is 16.0. The summed E-state index contributed by atoms with van der Waals surface area (Å²) < 4.78 is 0. The molecule has 3 heteroatoms. The lowest BCUT2D eigenvalue weighted by molar-refractivity contribution is 0.0953. The molecule has 3 rings (SSSR count). The van der Waals surface area contributed by atoms with E-state index in [1.165, 1.54) is 5.56 Å². The van der Waals surface area contributed by atoms with Crippen molar-refractivity contribution in [3.8, 4) is 11.3 Å². The highest BCUT2D eigenvalue weighted by atomic mass is 16.1. The smallest absolute Gasteiger partial charge is 0.252 e. The second-order valence-electron chi connectivity index (χ2n) is 7.28. The molecular formula is C23H26N2O. The molecule has 1 heterocycles. The van der Waals surface area contributed by atoms with Crippen molar-refractivity contribution in [1.29, 1.82) is 0 Å². The SMILES string of the molecule is Cc1ccc(-c2nc3ccccc3c(C(=O)NCCC(C)C)c2C)cc1. The van der Waals surface area contributed by atoms with Gasteiger partial charge in [-0.3, -0.25) is 4.79 Å². The molecular weight excluding hydrogens is 320 g/mol. The van der Waals surface area contributed by atoms with Crippen molar-refractivity contribution < 1.29 is 4.79 Å². The number of carbonyl (C=O) groups excluding carboxylic acids is 1. The number of hydrogen-bond acceptors (Lipinski definition) is 2. The van der Waals surface area contributed by atoms with E-state index in [4.69, 9.17) is 4.98 Å². The summed E-state index contributed by atoms with van der Waals surface area (Å²) in [6.07, 6.45) is 0.971. The Morgan fingerprint density at radius 3 is 2.42 bits per heavy atom. The van der Waals surface area contributed by atoms with Gasteiger partial charge in [0.2, 0.25) is 0 Å². The molecule has 0 radical (unpaired) electrons. The maximum Gasteiger partial charge on any atom is 0.252 e. The van der Waals surface area contributed by atoms with E-state index in [2.05, 4.69) is 50.4 Å². The summed E-state index contributed by atoms with van der Waals surface area (Å²) in [7, 11) is 0. The number of aromatic nitrogens is 1. The molecule has 0 unspecified atom stereocenters. The highest BCUT2D eigenvalue weighted by Gasteiger charge is 2.18. The van der Waals surface area contributed by atoms with Gasteiger partial charge >= 0.3 is 0 Å². The Morgan fingerprint density at radius 1 is 1.04 bits per heavy atom. The molecule has 0 fully saturated rings. The van der Waals surface area contributed by atoms with Gasteiger partial charge in [-0.05, 0) is 37.8 Å². The van der Waals surface area contributed by atoms with Gasteiger partial charge in [0.15, 0.2) is 0 Å². The number of fused-ring (bicyclic) bond motifs is 1. The molecule has 0 aliphatic rings. The van der Waals surface area contributed by atoms with Gasteiger partial charge in [0.05, 0.1) is 16.8 Å². The zero-order chi connectivity index (χ0) is 18.7. The summed E-state index contributed by atoms with van der Waals surface area (Å²) in [6.45, 7) is 9.07. The highest BCUT2D eigenvalue weighted by Crippen LogP contribution is 2.29. The largest absolute Gasteiger partial charge is 0.352 e. The van der Waals surface area contributed by atoms with E-state index in [1.54, 1.807) is 0 Å². The first kappa shape index (κ1) is 18.1. The standard InChI is InChI=1S/C23H26N2O/c1-15(2)13-14-24-23(26)21-17(4)22(18-11-9-16(3)10-12-18)25-20-8-6-5-7-19(20)21/h5-12,15H,13-14H2,1-4H3,(H,24,26). The van der Waals surface area contributed by atoms with E-state index < -0.39 is 0 Å². The Morgan fingerprint density at radius 2 is 1.73 bits per heavy atom. The van der Waals surface area contributed by atoms with Crippen LogP contribution in [0, 0.1) is 19.8 Å². The van der Waals surface area contributed by atoms with E-state index >= 15 is 0 Å². The Kier molecular flexibility index (Phi) is 5.36. The predicted octanol–water partition coefficient (Wildman–Crippen LogP) is 5.29. The van der Waals surface area contributed by atoms with Crippen molar-refractivity contribution in [2.75, 3.05) is 6.54 Å². The summed E-state index contributed by atoms with van der Waals surface area (Å²) in [5, 5.41) is 3.99. The molecule has 0 bridgehead atoms. The molecule has 0 saturated heterocycles. The third kappa shape index (κ3) is 3.77. The molecule has 134 valence electrons. The van der Waals surface area contributed by atoms with Crippen LogP contribution in [0.3, 0.4) is 0 Å². The number of nitrogens with one attached hydrogen (secondary N) is 1. The van der Waals surface area contributed by atoms with Crippen LogP contribution in [0.5, 0.6) is 0 Å². The van der Waals surface area contributed by atoms with Crippen molar-refractivity contribution in [1.82, 2.24) is 10.3 Å². The highest BCUT2D eigenvalue weighted by molar-refractivity contribution is 6.08. The molecule has 0 spiro atoms. The van der Waals surface area contributed by atoms with Crippen molar-refractivity contribution in [2.45, 2.75) is 34.1 Å². The fourth-order valence-corrected chi connectivity index (χ4v) is 3.16. The second kappa shape index (κ2) is 7.69. The van der Waals surface area contributed by atoms with Gasteiger partial charge in [-0.15, -0.1) is 0 Å². The molecule has 3 aromatic rings. The summed E-state index contributed by atoms with van der Waals surface area (Å²) in [6, 6.07) is 16.2. The van der Waals surface area contributed by atoms with Gasteiger partial charge in [0, 0.05) is 17.5 Å². The molecule has 0 aliphatic carbocycles. The first-order valence-corrected chi connectivity index (χ1v) is 9.22. The van der Waals surface area contributed by atoms with Crippen LogP contribution < -0.4 is 5.32 Å². The first-order valence-electron chi connectivity index (χ1n) is 9.22. The molecule has 2 aromatic carbocycles. The van der Waals surface area contributed by atoms with Crippen molar-refractivity contribution >= 4 is 16.8 Å². The van der Waals surface area contributed by atoms with Crippen LogP contribution in [0.1, 0.15) is 41.8 Å². The summed E-state index contributed by atoms with van der Waals surface area (Å²) in [4.78, 5) is 17.8. The minimum Gasteiger partial charge on any atom is -0.352 e. The first-order chi connectivity index (χ1) is 12.5. The lowest BCUT2D eigenvalue weighted by Gasteiger charge is -2.15. The fraction of sp³-hybridized carbons (Fsp3) is 0.304. The minimum absolute atomic E-state index is 0.0184. The number of nitrogens with zero attached hydrogens (tertiary/aromatic N) is 1. The predicted molar refractivity (Wildman–Crippen MR) is 108 cm³/mol. The Labute approximate surface area is 155 Å². The summed E-state index contributed by atoms with van der Waals surface area (Å²) >= 11 is 0. The topological polar surface area (TPSA) is 42.0 Å². The third-order valence-corrected chi connectivity index (χ3v) is 4.70. The van der Waals surface area contributed by atoms with Crippen molar-refractivity contribution in [2.24, 2.45) is 5.92 Å². The van der Waals surface area contributed by atoms with Gasteiger partial charge in [-0.1, -0.05) is 61.9 Å². The average Bonchev–Trinajstić information content (AvgIpc) is 2.61. The molecule has 1 N–H and O–H groups in total. The molecule has 26 heavy (non-hydrogen) atoms. The van der Waals surface area contributed by atoms with Crippen molar-refractivity contribution in [3.63, 3.8) is 0 Å². The maximum absolute atomic E-state index is 13.0. The van der Waals surface area contributed by atoms with Gasteiger partial charge < -0.3 is 5.32 Å². The van der Waals surface area contributed by atoms with Gasteiger partial charge in [-0.2, -0.15) is 0 Å². The Balaban J connectivity index is 2.09. The zero-order valence-corrected chi connectivity index (χ0v) is 16.0. The molecule has 0 atom stereocenters. The quantitative estimate of drug-likeness (QED) is 0.681. The lowest BCUT2D eigenvalue weighted by atomic mass is 9.96. The van der Waals surface area contributed by atoms with Crippen LogP contribution >= 0.6 is 0 Å². The lowest BCUT2D eigenvalue weighted by Crippen LogP contribution is -2.26. The number of benzene rings is 2. The normalized spacial score (nSPS) is 11.1. The van der Waals surface area contributed by atoms with Crippen LogP contribution in [-0.2, 0) is 0 Å². The maximum atomic E-state index is 13.0. The molecule has 0 saturated carbocycles. The Hall–Kier alpha value is -2.68. The van der Waals surface area contributed by atoms with Crippen LogP contribution in [0.15, 0.2) is 48.5 Å². The van der Waals surface area contributed by atoms with Gasteiger partial charge in [0.25, 0.3) is 5.91 Å². The van der Waals surface area contributed by atoms with Crippen LogP contribution in [0.2, 0.25) is 0 Å². The van der Waals surface area contributed by atoms with Crippen LogP contribution in [0.25, 0.3) is 22.2 Å². The summed E-state index contributed by atoms with van der Waals surface area (Å²) in [5.74, 6) is 0.545. The monoisotopic (exact) mass is 346 g/mol. The fourth-order valence-electron chi connectivity index (χ4n) is 3.16. The number of pyridine rings is 1. The van der Waals surface area contributed by atoms with Crippen molar-refractivity contribution in [3.05, 3.63) is 65.2 Å². The Bertz CT molecular complexity index is 927. The van der Waals surface area contributed by atoms with E-state index in [0.29, 0.717) is 12.5 Å². The van der Waals surface area contributed by atoms with E-state index in [0.717, 1.165) is 39.7 Å². The van der Waals surface area contributed by atoms with Crippen LogP contribution in [-0.4, -0.2) is 17.4 Å². The van der Waals surface area contributed by atoms with Gasteiger partial charge in [-0.25, -0.2) is 4.98 Å². The number of para-hydroxylation sites is 1. The van der Waals surface area contributed by atoms with E-state index in [9.17, 15) is 4.79 Å². The minimum atomic E-state index is -0.0184. The average molecular weight is 346 g/mol. The van der Waals surface area contributed by atoms with E-state index in [-0.39, 0.29) is 5.91 Å². The number of aryl methyl sites for hydroxylation is 1. The molecule has 0 aliphatic heterocycles. The number of hydrogen-bond donors (Lipinski definition) is 1. The number of carbonyl (C=O) groups is 1. The second-order valence-corrected chi connectivity index (χ2v) is 7.28. The third-order valence-electron chi connectivity index (χ3n) is 4.70. The van der Waals surface area contributed by atoms with E-state index in [1.807, 2.05) is 31.2 Å². The molecule has 1 aromatic heterocycles. The summed E-state index contributed by atoms with van der Waals surface area (Å²) in [5.41, 5.74) is 5.62. The number of rotatable bonds is 5. The molecule has 1 amide bonds. The number of amides is 1.